The van der Waals surface area contributed by atoms with E-state index >= 15 is 0 Å². The molecule has 0 spiro atoms. The number of hydrogen-bond acceptors (Lipinski definition) is 2. The quantitative estimate of drug-likeness (QED) is 0.657. The standard InChI is InChI=1S/C17H12FNO/c1-11-7-8-15(18)14(10-11)17(20)13-6-2-4-12-5-3-9-19-16(12)13/h2-10H,1H3. The van der Waals surface area contributed by atoms with Gasteiger partial charge in [-0.15, -0.1) is 0 Å². The van der Waals surface area contributed by atoms with Gasteiger partial charge < -0.3 is 0 Å². The van der Waals surface area contributed by atoms with E-state index in [1.165, 1.54) is 6.07 Å². The van der Waals surface area contributed by atoms with Crippen LogP contribution in [0.2, 0.25) is 0 Å². The summed E-state index contributed by atoms with van der Waals surface area (Å²) in [5.41, 5.74) is 1.96. The summed E-state index contributed by atoms with van der Waals surface area (Å²) in [6, 6.07) is 13.6. The van der Waals surface area contributed by atoms with Crippen LogP contribution in [-0.2, 0) is 0 Å². The van der Waals surface area contributed by atoms with Gasteiger partial charge in [-0.1, -0.05) is 29.8 Å². The molecule has 1 aromatic heterocycles. The lowest BCUT2D eigenvalue weighted by atomic mass is 9.99. The Morgan fingerprint density at radius 1 is 1.05 bits per heavy atom. The zero-order valence-corrected chi connectivity index (χ0v) is 10.9. The van der Waals surface area contributed by atoms with E-state index in [9.17, 15) is 9.18 Å². The molecule has 0 fully saturated rings. The first-order chi connectivity index (χ1) is 9.66. The molecule has 3 heteroatoms. The predicted molar refractivity (Wildman–Crippen MR) is 76.3 cm³/mol. The first-order valence-corrected chi connectivity index (χ1v) is 6.31. The van der Waals surface area contributed by atoms with E-state index in [2.05, 4.69) is 4.98 Å². The molecule has 98 valence electrons. The highest BCUT2D eigenvalue weighted by Crippen LogP contribution is 2.21. The summed E-state index contributed by atoms with van der Waals surface area (Å²) >= 11 is 0. The van der Waals surface area contributed by atoms with Crippen LogP contribution in [0.5, 0.6) is 0 Å². The number of hydrogen-bond donors (Lipinski definition) is 0. The maximum Gasteiger partial charge on any atom is 0.198 e. The lowest BCUT2D eigenvalue weighted by Gasteiger charge is -2.06. The number of para-hydroxylation sites is 1. The van der Waals surface area contributed by atoms with Crippen LogP contribution >= 0.6 is 0 Å². The second-order valence-electron chi connectivity index (χ2n) is 4.69. The van der Waals surface area contributed by atoms with Crippen LogP contribution in [0, 0.1) is 12.7 Å². The lowest BCUT2D eigenvalue weighted by molar-refractivity contribution is 0.103. The Balaban J connectivity index is 2.20. The Hall–Kier alpha value is -2.55. The third kappa shape index (κ3) is 2.07. The summed E-state index contributed by atoms with van der Waals surface area (Å²) in [4.78, 5) is 16.8. The molecular formula is C17H12FNO. The molecule has 0 unspecified atom stereocenters. The Morgan fingerprint density at radius 2 is 1.85 bits per heavy atom. The summed E-state index contributed by atoms with van der Waals surface area (Å²) in [5, 5.41) is 0.867. The molecule has 20 heavy (non-hydrogen) atoms. The van der Waals surface area contributed by atoms with Gasteiger partial charge in [0, 0.05) is 17.1 Å². The number of carbonyl (C=O) groups excluding carboxylic acids is 1. The number of aryl methyl sites for hydroxylation is 1. The highest BCUT2D eigenvalue weighted by molar-refractivity contribution is 6.15. The Bertz CT molecular complexity index is 806. The molecule has 3 aromatic rings. The third-order valence-electron chi connectivity index (χ3n) is 3.24. The number of rotatable bonds is 2. The van der Waals surface area contributed by atoms with Crippen molar-refractivity contribution in [3.8, 4) is 0 Å². The summed E-state index contributed by atoms with van der Waals surface area (Å²) in [6.45, 7) is 1.83. The molecule has 0 saturated heterocycles. The number of halogens is 1. The van der Waals surface area contributed by atoms with Crippen molar-refractivity contribution >= 4 is 16.7 Å². The first-order valence-electron chi connectivity index (χ1n) is 6.31. The van der Waals surface area contributed by atoms with Crippen LogP contribution in [0.15, 0.2) is 54.7 Å². The van der Waals surface area contributed by atoms with Gasteiger partial charge in [-0.3, -0.25) is 9.78 Å². The normalized spacial score (nSPS) is 10.7. The van der Waals surface area contributed by atoms with E-state index in [4.69, 9.17) is 0 Å². The highest BCUT2D eigenvalue weighted by Gasteiger charge is 2.17. The van der Waals surface area contributed by atoms with Crippen molar-refractivity contribution < 1.29 is 9.18 Å². The number of pyridine rings is 1. The highest BCUT2D eigenvalue weighted by atomic mass is 19.1. The smallest absolute Gasteiger partial charge is 0.198 e. The van der Waals surface area contributed by atoms with Gasteiger partial charge in [0.1, 0.15) is 5.82 Å². The van der Waals surface area contributed by atoms with E-state index in [1.54, 1.807) is 30.5 Å². The van der Waals surface area contributed by atoms with E-state index in [0.29, 0.717) is 11.1 Å². The number of benzene rings is 2. The maximum atomic E-state index is 13.9. The Labute approximate surface area is 115 Å². The number of aromatic nitrogens is 1. The van der Waals surface area contributed by atoms with Crippen molar-refractivity contribution in [2.24, 2.45) is 0 Å². The lowest BCUT2D eigenvalue weighted by Crippen LogP contribution is -2.06. The number of carbonyl (C=O) groups is 1. The predicted octanol–water partition coefficient (Wildman–Crippen LogP) is 3.91. The van der Waals surface area contributed by atoms with Crippen LogP contribution in [0.4, 0.5) is 4.39 Å². The molecule has 0 N–H and O–H groups in total. The molecule has 0 aliphatic rings. The molecule has 3 rings (SSSR count). The molecule has 2 aromatic carbocycles. The molecular weight excluding hydrogens is 253 g/mol. The van der Waals surface area contributed by atoms with E-state index < -0.39 is 5.82 Å². The van der Waals surface area contributed by atoms with Gasteiger partial charge in [-0.25, -0.2) is 4.39 Å². The Kier molecular flexibility index (Phi) is 3.03. The molecule has 1 heterocycles. The summed E-state index contributed by atoms with van der Waals surface area (Å²) < 4.78 is 13.9. The Morgan fingerprint density at radius 3 is 2.70 bits per heavy atom. The molecule has 0 radical (unpaired) electrons. The van der Waals surface area contributed by atoms with Crippen molar-refractivity contribution in [2.45, 2.75) is 6.92 Å². The molecule has 2 nitrogen and oxygen atoms in total. The number of fused-ring (bicyclic) bond motifs is 1. The van der Waals surface area contributed by atoms with Gasteiger partial charge in [0.05, 0.1) is 11.1 Å². The van der Waals surface area contributed by atoms with Crippen LogP contribution < -0.4 is 0 Å². The van der Waals surface area contributed by atoms with Gasteiger partial charge in [0.2, 0.25) is 0 Å². The molecule has 0 aliphatic carbocycles. The largest absolute Gasteiger partial charge is 0.288 e. The minimum Gasteiger partial charge on any atom is -0.288 e. The van der Waals surface area contributed by atoms with E-state index in [0.717, 1.165) is 10.9 Å². The second kappa shape index (κ2) is 4.85. The van der Waals surface area contributed by atoms with Gasteiger partial charge >= 0.3 is 0 Å². The van der Waals surface area contributed by atoms with Crippen LogP contribution in [0.3, 0.4) is 0 Å². The number of nitrogens with zero attached hydrogens (tertiary/aromatic N) is 1. The van der Waals surface area contributed by atoms with Gasteiger partial charge in [0.15, 0.2) is 5.78 Å². The van der Waals surface area contributed by atoms with Crippen molar-refractivity contribution in [1.29, 1.82) is 0 Å². The van der Waals surface area contributed by atoms with Crippen LogP contribution in [-0.4, -0.2) is 10.8 Å². The molecule has 0 aliphatic heterocycles. The average Bonchev–Trinajstić information content (AvgIpc) is 2.48. The maximum absolute atomic E-state index is 13.9. The van der Waals surface area contributed by atoms with Gasteiger partial charge in [-0.05, 0) is 31.2 Å². The molecule has 0 bridgehead atoms. The van der Waals surface area contributed by atoms with Gasteiger partial charge in [-0.2, -0.15) is 0 Å². The van der Waals surface area contributed by atoms with Crippen molar-refractivity contribution in [3.63, 3.8) is 0 Å². The van der Waals surface area contributed by atoms with Crippen molar-refractivity contribution in [2.75, 3.05) is 0 Å². The summed E-state index contributed by atoms with van der Waals surface area (Å²) in [5.74, 6) is -0.843. The monoisotopic (exact) mass is 265 g/mol. The SMILES string of the molecule is Cc1ccc(F)c(C(=O)c2cccc3cccnc23)c1. The summed E-state index contributed by atoms with van der Waals surface area (Å²) in [7, 11) is 0. The van der Waals surface area contributed by atoms with Crippen molar-refractivity contribution in [3.05, 3.63) is 77.2 Å². The van der Waals surface area contributed by atoms with E-state index in [1.807, 2.05) is 25.1 Å². The summed E-state index contributed by atoms with van der Waals surface area (Å²) in [6.07, 6.45) is 1.63. The van der Waals surface area contributed by atoms with Gasteiger partial charge in [0.25, 0.3) is 0 Å². The topological polar surface area (TPSA) is 30.0 Å². The fourth-order valence-electron chi connectivity index (χ4n) is 2.25. The zero-order chi connectivity index (χ0) is 14.1. The van der Waals surface area contributed by atoms with Crippen molar-refractivity contribution in [1.82, 2.24) is 4.98 Å². The molecule has 0 amide bonds. The third-order valence-corrected chi connectivity index (χ3v) is 3.24. The fraction of sp³-hybridized carbons (Fsp3) is 0.0588. The molecule has 0 saturated carbocycles. The average molecular weight is 265 g/mol. The van der Waals surface area contributed by atoms with E-state index in [-0.39, 0.29) is 11.3 Å². The zero-order valence-electron chi connectivity index (χ0n) is 10.9. The van der Waals surface area contributed by atoms with Crippen LogP contribution in [0.1, 0.15) is 21.5 Å². The fourth-order valence-corrected chi connectivity index (χ4v) is 2.25. The first kappa shape index (κ1) is 12.5. The second-order valence-corrected chi connectivity index (χ2v) is 4.69. The van der Waals surface area contributed by atoms with Crippen LogP contribution in [0.25, 0.3) is 10.9 Å². The number of ketones is 1. The molecule has 0 atom stereocenters. The minimum atomic E-state index is -0.506. The minimum absolute atomic E-state index is 0.0863.